The lowest BCUT2D eigenvalue weighted by Crippen LogP contribution is -2.29. The van der Waals surface area contributed by atoms with Crippen molar-refractivity contribution in [1.82, 2.24) is 5.32 Å². The summed E-state index contributed by atoms with van der Waals surface area (Å²) in [5.41, 5.74) is 8.16. The minimum atomic E-state index is -0.0295. The van der Waals surface area contributed by atoms with E-state index in [1.807, 2.05) is 19.1 Å². The molecule has 2 fully saturated rings. The third-order valence-electron chi connectivity index (χ3n) is 4.70. The van der Waals surface area contributed by atoms with Crippen LogP contribution in [0, 0.1) is 11.8 Å². The summed E-state index contributed by atoms with van der Waals surface area (Å²) < 4.78 is 0. The largest absolute Gasteiger partial charge is 0.399 e. The minimum Gasteiger partial charge on any atom is -0.399 e. The van der Waals surface area contributed by atoms with Gasteiger partial charge in [-0.1, -0.05) is 6.42 Å². The zero-order valence-corrected chi connectivity index (χ0v) is 12.0. The van der Waals surface area contributed by atoms with Crippen LogP contribution in [-0.2, 0) is 0 Å². The highest BCUT2D eigenvalue weighted by Crippen LogP contribution is 2.45. The number of hydrogen-bond donors (Lipinski definition) is 3. The smallest absolute Gasteiger partial charge is 0.253 e. The number of benzene rings is 1. The second kappa shape index (κ2) is 5.35. The number of anilines is 2. The Balaban J connectivity index is 1.80. The Morgan fingerprint density at radius 1 is 1.35 bits per heavy atom. The van der Waals surface area contributed by atoms with Gasteiger partial charge in [0.15, 0.2) is 0 Å². The van der Waals surface area contributed by atoms with Gasteiger partial charge in [0, 0.05) is 24.0 Å². The van der Waals surface area contributed by atoms with E-state index in [4.69, 9.17) is 5.73 Å². The zero-order valence-electron chi connectivity index (χ0n) is 12.0. The average Bonchev–Trinajstić information content (AvgIpc) is 3.01. The summed E-state index contributed by atoms with van der Waals surface area (Å²) in [5.74, 6) is 1.62. The van der Waals surface area contributed by atoms with Gasteiger partial charge in [0.1, 0.15) is 0 Å². The zero-order chi connectivity index (χ0) is 14.1. The molecule has 2 saturated carbocycles. The maximum absolute atomic E-state index is 12.1. The first kappa shape index (κ1) is 13.3. The topological polar surface area (TPSA) is 67.2 Å². The molecule has 2 aliphatic carbocycles. The fourth-order valence-corrected chi connectivity index (χ4v) is 3.76. The van der Waals surface area contributed by atoms with Gasteiger partial charge in [-0.3, -0.25) is 4.79 Å². The number of nitrogen functional groups attached to an aromatic ring is 1. The van der Waals surface area contributed by atoms with Crippen molar-refractivity contribution in [1.29, 1.82) is 0 Å². The molecule has 20 heavy (non-hydrogen) atoms. The lowest BCUT2D eigenvalue weighted by Gasteiger charge is -2.25. The molecule has 2 aliphatic rings. The summed E-state index contributed by atoms with van der Waals surface area (Å²) in [5, 5.41) is 6.44. The fraction of sp³-hybridized carbons (Fsp3) is 0.562. The molecule has 0 radical (unpaired) electrons. The van der Waals surface area contributed by atoms with E-state index in [0.29, 0.717) is 23.8 Å². The van der Waals surface area contributed by atoms with E-state index >= 15 is 0 Å². The Labute approximate surface area is 120 Å². The second-order valence-electron chi connectivity index (χ2n) is 6.09. The Morgan fingerprint density at radius 3 is 2.85 bits per heavy atom. The molecule has 0 saturated heterocycles. The van der Waals surface area contributed by atoms with Crippen LogP contribution in [-0.4, -0.2) is 18.5 Å². The summed E-state index contributed by atoms with van der Waals surface area (Å²) >= 11 is 0. The molecule has 1 aromatic carbocycles. The Kier molecular flexibility index (Phi) is 3.55. The molecule has 3 rings (SSSR count). The SMILES string of the molecule is CCNC(=O)c1ccc(N)cc1NC1CC2CCC1C2. The molecule has 4 N–H and O–H groups in total. The first-order valence-electron chi connectivity index (χ1n) is 7.61. The van der Waals surface area contributed by atoms with Crippen LogP contribution in [0.5, 0.6) is 0 Å². The van der Waals surface area contributed by atoms with E-state index in [2.05, 4.69) is 10.6 Å². The van der Waals surface area contributed by atoms with Crippen molar-refractivity contribution in [3.63, 3.8) is 0 Å². The van der Waals surface area contributed by atoms with Gasteiger partial charge in [0.2, 0.25) is 0 Å². The first-order chi connectivity index (χ1) is 9.67. The standard InChI is InChI=1S/C16H23N3O/c1-2-18-16(20)13-6-5-12(17)9-15(13)19-14-8-10-3-4-11(14)7-10/h5-6,9-11,14,19H,2-4,7-8,17H2,1H3,(H,18,20). The number of hydrogen-bond acceptors (Lipinski definition) is 3. The third-order valence-corrected chi connectivity index (χ3v) is 4.70. The highest BCUT2D eigenvalue weighted by atomic mass is 16.1. The van der Waals surface area contributed by atoms with Crippen LogP contribution in [0.2, 0.25) is 0 Å². The van der Waals surface area contributed by atoms with E-state index in [0.717, 1.165) is 17.5 Å². The second-order valence-corrected chi connectivity index (χ2v) is 6.09. The predicted octanol–water partition coefficient (Wildman–Crippen LogP) is 2.62. The maximum Gasteiger partial charge on any atom is 0.253 e. The Bertz CT molecular complexity index is 514. The van der Waals surface area contributed by atoms with Crippen LogP contribution in [0.25, 0.3) is 0 Å². The number of amides is 1. The van der Waals surface area contributed by atoms with Crippen molar-refractivity contribution in [2.45, 2.75) is 38.6 Å². The van der Waals surface area contributed by atoms with Gasteiger partial charge >= 0.3 is 0 Å². The molecule has 0 heterocycles. The van der Waals surface area contributed by atoms with Gasteiger partial charge in [-0.15, -0.1) is 0 Å². The van der Waals surface area contributed by atoms with Crippen molar-refractivity contribution in [2.75, 3.05) is 17.6 Å². The van der Waals surface area contributed by atoms with Crippen LogP contribution in [0.3, 0.4) is 0 Å². The third kappa shape index (κ3) is 2.47. The lowest BCUT2D eigenvalue weighted by atomic mass is 9.94. The van der Waals surface area contributed by atoms with Crippen molar-refractivity contribution < 1.29 is 4.79 Å². The van der Waals surface area contributed by atoms with Gasteiger partial charge in [0.25, 0.3) is 5.91 Å². The van der Waals surface area contributed by atoms with E-state index < -0.39 is 0 Å². The van der Waals surface area contributed by atoms with Gasteiger partial charge in [-0.25, -0.2) is 0 Å². The van der Waals surface area contributed by atoms with E-state index in [9.17, 15) is 4.79 Å². The molecule has 3 atom stereocenters. The van der Waals surface area contributed by atoms with E-state index in [1.165, 1.54) is 25.7 Å². The van der Waals surface area contributed by atoms with E-state index in [-0.39, 0.29) is 5.91 Å². The van der Waals surface area contributed by atoms with Crippen LogP contribution >= 0.6 is 0 Å². The molecule has 4 heteroatoms. The summed E-state index contributed by atoms with van der Waals surface area (Å²) in [6.45, 7) is 2.56. The highest BCUT2D eigenvalue weighted by molar-refractivity contribution is 6.00. The normalized spacial score (nSPS) is 27.6. The summed E-state index contributed by atoms with van der Waals surface area (Å²) in [6, 6.07) is 5.99. The predicted molar refractivity (Wildman–Crippen MR) is 81.7 cm³/mol. The molecule has 108 valence electrons. The van der Waals surface area contributed by atoms with Crippen LogP contribution in [0.15, 0.2) is 18.2 Å². The molecule has 1 aromatic rings. The van der Waals surface area contributed by atoms with Gasteiger partial charge in [-0.05, 0) is 56.2 Å². The maximum atomic E-state index is 12.1. The van der Waals surface area contributed by atoms with E-state index in [1.54, 1.807) is 6.07 Å². The molecule has 2 bridgehead atoms. The van der Waals surface area contributed by atoms with Crippen LogP contribution in [0.1, 0.15) is 43.0 Å². The monoisotopic (exact) mass is 273 g/mol. The molecular weight excluding hydrogens is 250 g/mol. The number of fused-ring (bicyclic) bond motifs is 2. The molecule has 0 spiro atoms. The lowest BCUT2D eigenvalue weighted by molar-refractivity contribution is 0.0956. The number of nitrogens with two attached hydrogens (primary N) is 1. The highest BCUT2D eigenvalue weighted by Gasteiger charge is 2.39. The number of carbonyl (C=O) groups excluding carboxylic acids is 1. The summed E-state index contributed by atoms with van der Waals surface area (Å²) in [4.78, 5) is 12.1. The molecule has 3 unspecified atom stereocenters. The minimum absolute atomic E-state index is 0.0295. The summed E-state index contributed by atoms with van der Waals surface area (Å²) in [7, 11) is 0. The average molecular weight is 273 g/mol. The number of rotatable bonds is 4. The molecule has 1 amide bonds. The number of nitrogens with one attached hydrogen (secondary N) is 2. The molecule has 0 aliphatic heterocycles. The van der Waals surface area contributed by atoms with Gasteiger partial charge < -0.3 is 16.4 Å². The molecule has 0 aromatic heterocycles. The quantitative estimate of drug-likeness (QED) is 0.739. The molecule has 4 nitrogen and oxygen atoms in total. The van der Waals surface area contributed by atoms with Crippen LogP contribution < -0.4 is 16.4 Å². The Morgan fingerprint density at radius 2 is 2.20 bits per heavy atom. The van der Waals surface area contributed by atoms with Crippen molar-refractivity contribution in [3.8, 4) is 0 Å². The van der Waals surface area contributed by atoms with Crippen molar-refractivity contribution >= 4 is 17.3 Å². The number of carbonyl (C=O) groups is 1. The Hall–Kier alpha value is -1.71. The summed E-state index contributed by atoms with van der Waals surface area (Å²) in [6.07, 6.45) is 5.27. The van der Waals surface area contributed by atoms with Gasteiger partial charge in [-0.2, -0.15) is 0 Å². The van der Waals surface area contributed by atoms with Gasteiger partial charge in [0.05, 0.1) is 5.56 Å². The van der Waals surface area contributed by atoms with Crippen LogP contribution in [0.4, 0.5) is 11.4 Å². The van der Waals surface area contributed by atoms with Crippen molar-refractivity contribution in [2.24, 2.45) is 11.8 Å². The first-order valence-corrected chi connectivity index (χ1v) is 7.61. The fourth-order valence-electron chi connectivity index (χ4n) is 3.76. The van der Waals surface area contributed by atoms with Crippen molar-refractivity contribution in [3.05, 3.63) is 23.8 Å². The molecular formula is C16H23N3O.